The number of hydrogen-bond donors (Lipinski definition) is 1. The number of hydrogen-bond acceptors (Lipinski definition) is 1. The summed E-state index contributed by atoms with van der Waals surface area (Å²) < 4.78 is 27.1. The standard InChI is InChI=1S/C15H20BrF2N/c1-9(2)10-3-5-11(6-4-10)19-15-7-12(16)13(17)8-14(15)18/h7-11,19H,3-6H2,1-2H3. The number of halogens is 3. The largest absolute Gasteiger partial charge is 0.380 e. The third kappa shape index (κ3) is 3.68. The van der Waals surface area contributed by atoms with Gasteiger partial charge in [-0.15, -0.1) is 0 Å². The van der Waals surface area contributed by atoms with Gasteiger partial charge in [-0.2, -0.15) is 0 Å². The summed E-state index contributed by atoms with van der Waals surface area (Å²) >= 11 is 3.09. The predicted molar refractivity (Wildman–Crippen MR) is 78.3 cm³/mol. The summed E-state index contributed by atoms with van der Waals surface area (Å²) in [6, 6.07) is 2.70. The average Bonchev–Trinajstić information content (AvgIpc) is 2.36. The normalized spacial score (nSPS) is 23.7. The lowest BCUT2D eigenvalue weighted by Gasteiger charge is -2.32. The minimum absolute atomic E-state index is 0.293. The Morgan fingerprint density at radius 1 is 1.11 bits per heavy atom. The fraction of sp³-hybridized carbons (Fsp3) is 0.600. The molecule has 0 amide bonds. The van der Waals surface area contributed by atoms with E-state index in [2.05, 4.69) is 35.1 Å². The van der Waals surface area contributed by atoms with Crippen molar-refractivity contribution in [1.82, 2.24) is 0 Å². The Morgan fingerprint density at radius 3 is 2.32 bits per heavy atom. The van der Waals surface area contributed by atoms with Gasteiger partial charge in [0.25, 0.3) is 0 Å². The highest BCUT2D eigenvalue weighted by molar-refractivity contribution is 9.10. The minimum atomic E-state index is -0.563. The Labute approximate surface area is 121 Å². The highest BCUT2D eigenvalue weighted by Crippen LogP contribution is 2.32. The van der Waals surface area contributed by atoms with E-state index in [4.69, 9.17) is 0 Å². The Morgan fingerprint density at radius 2 is 1.74 bits per heavy atom. The van der Waals surface area contributed by atoms with E-state index in [1.807, 2.05) is 0 Å². The second kappa shape index (κ2) is 6.21. The van der Waals surface area contributed by atoms with Crippen LogP contribution in [0.5, 0.6) is 0 Å². The van der Waals surface area contributed by atoms with E-state index in [1.54, 1.807) is 0 Å². The van der Waals surface area contributed by atoms with Crippen molar-refractivity contribution in [2.75, 3.05) is 5.32 Å². The number of benzene rings is 1. The summed E-state index contributed by atoms with van der Waals surface area (Å²) in [6.45, 7) is 4.52. The third-order valence-corrected chi connectivity index (χ3v) is 4.69. The summed E-state index contributed by atoms with van der Waals surface area (Å²) in [5, 5.41) is 3.20. The van der Waals surface area contributed by atoms with E-state index >= 15 is 0 Å². The fourth-order valence-electron chi connectivity index (χ4n) is 2.78. The molecule has 0 aromatic heterocycles. The molecule has 1 fully saturated rings. The molecule has 1 nitrogen and oxygen atoms in total. The zero-order valence-electron chi connectivity index (χ0n) is 11.3. The molecule has 106 valence electrons. The molecule has 0 heterocycles. The van der Waals surface area contributed by atoms with Gasteiger partial charge in [-0.1, -0.05) is 13.8 Å². The van der Waals surface area contributed by atoms with Crippen LogP contribution in [0.4, 0.5) is 14.5 Å². The molecule has 4 heteroatoms. The summed E-state index contributed by atoms with van der Waals surface area (Å²) in [7, 11) is 0. The first kappa shape index (κ1) is 14.8. The van der Waals surface area contributed by atoms with E-state index in [9.17, 15) is 8.78 Å². The fourth-order valence-corrected chi connectivity index (χ4v) is 3.13. The first-order chi connectivity index (χ1) is 8.97. The van der Waals surface area contributed by atoms with Crippen LogP contribution in [0.1, 0.15) is 39.5 Å². The van der Waals surface area contributed by atoms with Gasteiger partial charge >= 0.3 is 0 Å². The Bertz CT molecular complexity index is 440. The van der Waals surface area contributed by atoms with Crippen molar-refractivity contribution < 1.29 is 8.78 Å². The van der Waals surface area contributed by atoms with Gasteiger partial charge in [0, 0.05) is 12.1 Å². The van der Waals surface area contributed by atoms with Crippen molar-refractivity contribution in [1.29, 1.82) is 0 Å². The summed E-state index contributed by atoms with van der Waals surface area (Å²) in [6.07, 6.45) is 4.47. The van der Waals surface area contributed by atoms with Crippen molar-refractivity contribution in [3.63, 3.8) is 0 Å². The molecule has 0 spiro atoms. The first-order valence-electron chi connectivity index (χ1n) is 6.88. The van der Waals surface area contributed by atoms with E-state index in [-0.39, 0.29) is 0 Å². The van der Waals surface area contributed by atoms with E-state index in [0.29, 0.717) is 16.2 Å². The van der Waals surface area contributed by atoms with Crippen molar-refractivity contribution in [2.45, 2.75) is 45.6 Å². The van der Waals surface area contributed by atoms with Crippen LogP contribution in [0.25, 0.3) is 0 Å². The summed E-state index contributed by atoms with van der Waals surface area (Å²) in [4.78, 5) is 0. The van der Waals surface area contributed by atoms with Crippen LogP contribution in [0, 0.1) is 23.5 Å². The SMILES string of the molecule is CC(C)C1CCC(Nc2cc(Br)c(F)cc2F)CC1. The van der Waals surface area contributed by atoms with Gasteiger partial charge in [-0.05, 0) is 59.5 Å². The van der Waals surface area contributed by atoms with E-state index in [0.717, 1.165) is 30.7 Å². The molecule has 1 aliphatic carbocycles. The lowest BCUT2D eigenvalue weighted by Crippen LogP contribution is -2.28. The van der Waals surface area contributed by atoms with Crippen molar-refractivity contribution in [3.8, 4) is 0 Å². The van der Waals surface area contributed by atoms with Crippen LogP contribution in [-0.2, 0) is 0 Å². The Kier molecular flexibility index (Phi) is 4.82. The molecule has 2 rings (SSSR count). The molecular weight excluding hydrogens is 312 g/mol. The van der Waals surface area contributed by atoms with Gasteiger partial charge in [0.15, 0.2) is 0 Å². The molecule has 0 unspecified atom stereocenters. The topological polar surface area (TPSA) is 12.0 Å². The van der Waals surface area contributed by atoms with Crippen molar-refractivity contribution >= 4 is 21.6 Å². The molecule has 0 atom stereocenters. The summed E-state index contributed by atoms with van der Waals surface area (Å²) in [5.41, 5.74) is 0.390. The average molecular weight is 332 g/mol. The predicted octanol–water partition coefficient (Wildman–Crippen LogP) is 5.35. The van der Waals surface area contributed by atoms with Gasteiger partial charge in [0.1, 0.15) is 11.6 Å². The van der Waals surface area contributed by atoms with Gasteiger partial charge < -0.3 is 5.32 Å². The highest BCUT2D eigenvalue weighted by atomic mass is 79.9. The number of nitrogens with one attached hydrogen (secondary N) is 1. The Balaban J connectivity index is 1.98. The second-order valence-corrected chi connectivity index (χ2v) is 6.60. The van der Waals surface area contributed by atoms with Crippen molar-refractivity contribution in [3.05, 3.63) is 28.2 Å². The van der Waals surface area contributed by atoms with Crippen LogP contribution >= 0.6 is 15.9 Å². The van der Waals surface area contributed by atoms with Gasteiger partial charge in [-0.3, -0.25) is 0 Å². The molecule has 0 radical (unpaired) electrons. The maximum atomic E-state index is 13.7. The maximum absolute atomic E-state index is 13.7. The molecule has 1 aromatic rings. The van der Waals surface area contributed by atoms with Crippen LogP contribution in [0.3, 0.4) is 0 Å². The molecule has 1 aliphatic rings. The molecule has 19 heavy (non-hydrogen) atoms. The molecule has 0 saturated heterocycles. The van der Waals surface area contributed by atoms with Crippen molar-refractivity contribution in [2.24, 2.45) is 11.8 Å². The van der Waals surface area contributed by atoms with Crippen LogP contribution in [-0.4, -0.2) is 6.04 Å². The lowest BCUT2D eigenvalue weighted by molar-refractivity contribution is 0.266. The lowest BCUT2D eigenvalue weighted by atomic mass is 9.79. The zero-order valence-corrected chi connectivity index (χ0v) is 12.9. The number of rotatable bonds is 3. The molecule has 1 aromatic carbocycles. The summed E-state index contributed by atoms with van der Waals surface area (Å²) in [5.74, 6) is 0.416. The molecule has 0 bridgehead atoms. The monoisotopic (exact) mass is 331 g/mol. The van der Waals surface area contributed by atoms with Crippen LogP contribution in [0.2, 0.25) is 0 Å². The van der Waals surface area contributed by atoms with Gasteiger partial charge in [0.2, 0.25) is 0 Å². The van der Waals surface area contributed by atoms with E-state index in [1.165, 1.54) is 18.9 Å². The third-order valence-electron chi connectivity index (χ3n) is 4.08. The van der Waals surface area contributed by atoms with E-state index < -0.39 is 11.6 Å². The molecular formula is C15H20BrF2N. The highest BCUT2D eigenvalue weighted by Gasteiger charge is 2.23. The Hall–Kier alpha value is -0.640. The minimum Gasteiger partial charge on any atom is -0.380 e. The molecule has 1 N–H and O–H groups in total. The van der Waals surface area contributed by atoms with Gasteiger partial charge in [-0.25, -0.2) is 8.78 Å². The molecule has 1 saturated carbocycles. The van der Waals surface area contributed by atoms with Crippen LogP contribution < -0.4 is 5.32 Å². The second-order valence-electron chi connectivity index (χ2n) is 5.75. The molecule has 0 aliphatic heterocycles. The zero-order chi connectivity index (χ0) is 14.0. The van der Waals surface area contributed by atoms with Gasteiger partial charge in [0.05, 0.1) is 10.2 Å². The quantitative estimate of drug-likeness (QED) is 0.735. The number of anilines is 1. The smallest absolute Gasteiger partial charge is 0.149 e. The first-order valence-corrected chi connectivity index (χ1v) is 7.67. The maximum Gasteiger partial charge on any atom is 0.149 e. The van der Waals surface area contributed by atoms with Crippen LogP contribution in [0.15, 0.2) is 16.6 Å².